The molecule has 0 unspecified atom stereocenters. The maximum atomic E-state index is 12.3. The zero-order valence-corrected chi connectivity index (χ0v) is 17.2. The summed E-state index contributed by atoms with van der Waals surface area (Å²) in [7, 11) is 0. The molecule has 1 amide bonds. The van der Waals surface area contributed by atoms with E-state index >= 15 is 0 Å². The molecule has 0 saturated heterocycles. The Bertz CT molecular complexity index is 722. The summed E-state index contributed by atoms with van der Waals surface area (Å²) >= 11 is 3.54. The normalized spacial score (nSPS) is 11.4. The average molecular weight is 407 g/mol. The number of nitrogens with zero attached hydrogens (tertiary/aromatic N) is 3. The van der Waals surface area contributed by atoms with Crippen LogP contribution in [0.25, 0.3) is 5.69 Å². The van der Waals surface area contributed by atoms with Gasteiger partial charge in [-0.1, -0.05) is 6.92 Å². The van der Waals surface area contributed by atoms with Crippen molar-refractivity contribution in [2.75, 3.05) is 19.6 Å². The second-order valence-electron chi connectivity index (χ2n) is 6.42. The third kappa shape index (κ3) is 4.70. The van der Waals surface area contributed by atoms with Crippen LogP contribution in [-0.2, 0) is 0 Å². The van der Waals surface area contributed by atoms with Gasteiger partial charge in [0.25, 0.3) is 5.91 Å². The molecule has 1 heterocycles. The van der Waals surface area contributed by atoms with Gasteiger partial charge in [0.2, 0.25) is 0 Å². The number of nitrogens with one attached hydrogen (secondary N) is 1. The minimum atomic E-state index is -0.0408. The monoisotopic (exact) mass is 406 g/mol. The Hall–Kier alpha value is -1.66. The van der Waals surface area contributed by atoms with Gasteiger partial charge < -0.3 is 5.32 Å². The van der Waals surface area contributed by atoms with Crippen LogP contribution in [0.2, 0.25) is 0 Å². The molecule has 0 bridgehead atoms. The summed E-state index contributed by atoms with van der Waals surface area (Å²) in [6.45, 7) is 12.9. The molecule has 1 N–H and O–H groups in total. The van der Waals surface area contributed by atoms with E-state index in [4.69, 9.17) is 0 Å². The molecule has 0 fully saturated rings. The fourth-order valence-corrected chi connectivity index (χ4v) is 3.07. The third-order valence-corrected chi connectivity index (χ3v) is 5.55. The number of aromatic nitrogens is 2. The molecule has 0 spiro atoms. The van der Waals surface area contributed by atoms with Gasteiger partial charge in [0.15, 0.2) is 0 Å². The van der Waals surface area contributed by atoms with Crippen molar-refractivity contribution in [2.24, 2.45) is 0 Å². The zero-order valence-electron chi connectivity index (χ0n) is 15.6. The largest absolute Gasteiger partial charge is 0.351 e. The average Bonchev–Trinajstić information content (AvgIpc) is 2.86. The Morgan fingerprint density at radius 3 is 2.40 bits per heavy atom. The number of hydrogen-bond donors (Lipinski definition) is 1. The Kier molecular flexibility index (Phi) is 6.79. The first-order chi connectivity index (χ1) is 11.8. The number of benzene rings is 1. The first-order valence-electron chi connectivity index (χ1n) is 8.69. The SMILES string of the molecule is CCN(CCNC(=O)c1ccc(-n2nc(C)c(Br)c2C)cc1)C(C)C. The van der Waals surface area contributed by atoms with E-state index in [1.165, 1.54) is 0 Å². The van der Waals surface area contributed by atoms with Crippen molar-refractivity contribution in [1.29, 1.82) is 0 Å². The highest BCUT2D eigenvalue weighted by Gasteiger charge is 2.12. The first kappa shape index (κ1) is 19.7. The number of halogens is 1. The Morgan fingerprint density at radius 1 is 1.28 bits per heavy atom. The smallest absolute Gasteiger partial charge is 0.251 e. The van der Waals surface area contributed by atoms with E-state index in [9.17, 15) is 4.79 Å². The van der Waals surface area contributed by atoms with Gasteiger partial charge >= 0.3 is 0 Å². The molecule has 25 heavy (non-hydrogen) atoms. The molecule has 1 aromatic carbocycles. The predicted molar refractivity (Wildman–Crippen MR) is 105 cm³/mol. The van der Waals surface area contributed by atoms with Crippen molar-refractivity contribution in [2.45, 2.75) is 40.7 Å². The van der Waals surface area contributed by atoms with Crippen LogP contribution in [-0.4, -0.2) is 46.3 Å². The Balaban J connectivity index is 1.99. The van der Waals surface area contributed by atoms with Gasteiger partial charge in [0, 0.05) is 24.7 Å². The van der Waals surface area contributed by atoms with Crippen molar-refractivity contribution in [3.63, 3.8) is 0 Å². The van der Waals surface area contributed by atoms with Gasteiger partial charge in [0.1, 0.15) is 0 Å². The topological polar surface area (TPSA) is 50.2 Å². The number of hydrogen-bond acceptors (Lipinski definition) is 3. The number of carbonyl (C=O) groups is 1. The van der Waals surface area contributed by atoms with E-state index in [-0.39, 0.29) is 5.91 Å². The van der Waals surface area contributed by atoms with Crippen LogP contribution in [0.4, 0.5) is 0 Å². The number of likely N-dealkylation sites (N-methyl/N-ethyl adjacent to an activating group) is 1. The minimum absolute atomic E-state index is 0.0408. The molecule has 1 aromatic heterocycles. The number of aryl methyl sites for hydroxylation is 1. The van der Waals surface area contributed by atoms with E-state index in [0.717, 1.165) is 34.6 Å². The summed E-state index contributed by atoms with van der Waals surface area (Å²) in [5.41, 5.74) is 3.60. The summed E-state index contributed by atoms with van der Waals surface area (Å²) in [5.74, 6) is -0.0408. The third-order valence-electron chi connectivity index (χ3n) is 4.40. The van der Waals surface area contributed by atoms with Gasteiger partial charge in [-0.05, 0) is 74.4 Å². The maximum absolute atomic E-state index is 12.3. The van der Waals surface area contributed by atoms with Gasteiger partial charge in [-0.2, -0.15) is 5.10 Å². The van der Waals surface area contributed by atoms with Crippen LogP contribution in [0.3, 0.4) is 0 Å². The number of carbonyl (C=O) groups excluding carboxylic acids is 1. The summed E-state index contributed by atoms with van der Waals surface area (Å²) in [6, 6.07) is 8.02. The Labute approximate surface area is 158 Å². The van der Waals surface area contributed by atoms with Crippen molar-refractivity contribution in [1.82, 2.24) is 20.0 Å². The van der Waals surface area contributed by atoms with E-state index in [0.29, 0.717) is 18.2 Å². The highest BCUT2D eigenvalue weighted by atomic mass is 79.9. The predicted octanol–water partition coefficient (Wildman–Crippen LogP) is 3.71. The summed E-state index contributed by atoms with van der Waals surface area (Å²) in [4.78, 5) is 14.6. The van der Waals surface area contributed by atoms with Gasteiger partial charge in [-0.25, -0.2) is 4.68 Å². The van der Waals surface area contributed by atoms with Gasteiger partial charge in [0.05, 0.1) is 21.5 Å². The number of amides is 1. The molecule has 0 radical (unpaired) electrons. The van der Waals surface area contributed by atoms with Gasteiger partial charge in [-0.15, -0.1) is 0 Å². The minimum Gasteiger partial charge on any atom is -0.351 e. The summed E-state index contributed by atoms with van der Waals surface area (Å²) in [6.07, 6.45) is 0. The lowest BCUT2D eigenvalue weighted by Gasteiger charge is -2.24. The molecule has 0 aliphatic rings. The van der Waals surface area contributed by atoms with E-state index in [2.05, 4.69) is 52.0 Å². The van der Waals surface area contributed by atoms with Crippen LogP contribution in [0, 0.1) is 13.8 Å². The molecular formula is C19H27BrN4O. The standard InChI is InChI=1S/C19H27BrN4O/c1-6-23(13(2)3)12-11-21-19(25)16-7-9-17(10-8-16)24-15(5)18(20)14(4)22-24/h7-10,13H,6,11-12H2,1-5H3,(H,21,25). The fraction of sp³-hybridized carbons (Fsp3) is 0.474. The summed E-state index contributed by atoms with van der Waals surface area (Å²) < 4.78 is 2.89. The van der Waals surface area contributed by atoms with E-state index < -0.39 is 0 Å². The fourth-order valence-electron chi connectivity index (χ4n) is 2.83. The second-order valence-corrected chi connectivity index (χ2v) is 7.21. The van der Waals surface area contributed by atoms with Crippen LogP contribution in [0.15, 0.2) is 28.7 Å². The van der Waals surface area contributed by atoms with Crippen LogP contribution < -0.4 is 5.32 Å². The maximum Gasteiger partial charge on any atom is 0.251 e. The lowest BCUT2D eigenvalue weighted by atomic mass is 10.2. The quantitative estimate of drug-likeness (QED) is 0.761. The van der Waals surface area contributed by atoms with Crippen molar-refractivity contribution in [3.8, 4) is 5.69 Å². The van der Waals surface area contributed by atoms with Crippen molar-refractivity contribution >= 4 is 21.8 Å². The first-order valence-corrected chi connectivity index (χ1v) is 9.48. The van der Waals surface area contributed by atoms with E-state index in [1.54, 1.807) is 0 Å². The lowest BCUT2D eigenvalue weighted by molar-refractivity contribution is 0.0946. The number of rotatable bonds is 7. The van der Waals surface area contributed by atoms with Crippen molar-refractivity contribution < 1.29 is 4.79 Å². The molecule has 136 valence electrons. The molecule has 0 aliphatic heterocycles. The molecule has 0 aliphatic carbocycles. The van der Waals surface area contributed by atoms with Crippen LogP contribution in [0.5, 0.6) is 0 Å². The van der Waals surface area contributed by atoms with Crippen LogP contribution in [0.1, 0.15) is 42.5 Å². The molecule has 2 aromatic rings. The molecule has 2 rings (SSSR count). The van der Waals surface area contributed by atoms with Crippen LogP contribution >= 0.6 is 15.9 Å². The van der Waals surface area contributed by atoms with E-state index in [1.807, 2.05) is 42.8 Å². The lowest BCUT2D eigenvalue weighted by Crippen LogP contribution is -2.38. The molecule has 0 saturated carbocycles. The molecule has 6 heteroatoms. The Morgan fingerprint density at radius 2 is 1.92 bits per heavy atom. The zero-order chi connectivity index (χ0) is 18.6. The molecule has 5 nitrogen and oxygen atoms in total. The molecule has 0 atom stereocenters. The van der Waals surface area contributed by atoms with Gasteiger partial charge in [-0.3, -0.25) is 9.69 Å². The summed E-state index contributed by atoms with van der Waals surface area (Å²) in [5, 5.41) is 7.51. The highest BCUT2D eigenvalue weighted by Crippen LogP contribution is 2.23. The highest BCUT2D eigenvalue weighted by molar-refractivity contribution is 9.10. The van der Waals surface area contributed by atoms with Crippen molar-refractivity contribution in [3.05, 3.63) is 45.7 Å². The molecular weight excluding hydrogens is 380 g/mol. The second kappa shape index (κ2) is 8.63.